The molecule has 5 nitrogen and oxygen atoms in total. The summed E-state index contributed by atoms with van der Waals surface area (Å²) >= 11 is 0. The van der Waals surface area contributed by atoms with Crippen LogP contribution in [-0.2, 0) is 9.59 Å². The number of carbonyl (C=O) groups excluding carboxylic acids is 1. The monoisotopic (exact) mass is 228 g/mol. The third-order valence-corrected chi connectivity index (χ3v) is 2.99. The molecule has 16 heavy (non-hydrogen) atoms. The Morgan fingerprint density at radius 1 is 1.31 bits per heavy atom. The lowest BCUT2D eigenvalue weighted by atomic mass is 9.97. The van der Waals surface area contributed by atoms with E-state index in [1.54, 1.807) is 0 Å². The van der Waals surface area contributed by atoms with Crippen LogP contribution < -0.4 is 5.32 Å². The molecule has 1 rings (SSSR count). The fourth-order valence-corrected chi connectivity index (χ4v) is 1.83. The Kier molecular flexibility index (Phi) is 5.25. The molecule has 1 amide bonds. The van der Waals surface area contributed by atoms with E-state index in [0.717, 1.165) is 25.9 Å². The highest BCUT2D eigenvalue weighted by Gasteiger charge is 2.17. The number of aliphatic carboxylic acids is 1. The molecule has 0 aromatic carbocycles. The van der Waals surface area contributed by atoms with Crippen molar-refractivity contribution in [2.75, 3.05) is 26.7 Å². The predicted molar refractivity (Wildman–Crippen MR) is 60.1 cm³/mol. The normalized spacial score (nSPS) is 18.3. The van der Waals surface area contributed by atoms with Gasteiger partial charge >= 0.3 is 5.97 Å². The largest absolute Gasteiger partial charge is 0.481 e. The summed E-state index contributed by atoms with van der Waals surface area (Å²) in [6.45, 7) is 2.84. The molecule has 0 unspecified atom stereocenters. The van der Waals surface area contributed by atoms with Gasteiger partial charge in [0.1, 0.15) is 0 Å². The quantitative estimate of drug-likeness (QED) is 0.710. The molecule has 0 saturated carbocycles. The van der Waals surface area contributed by atoms with E-state index in [9.17, 15) is 9.59 Å². The number of rotatable bonds is 5. The van der Waals surface area contributed by atoms with Crippen LogP contribution >= 0.6 is 0 Å². The van der Waals surface area contributed by atoms with Crippen LogP contribution in [0.1, 0.15) is 25.7 Å². The number of carbonyl (C=O) groups is 2. The van der Waals surface area contributed by atoms with Gasteiger partial charge < -0.3 is 15.3 Å². The van der Waals surface area contributed by atoms with Crippen LogP contribution in [0, 0.1) is 5.92 Å². The summed E-state index contributed by atoms with van der Waals surface area (Å²) in [5, 5.41) is 11.2. The van der Waals surface area contributed by atoms with Gasteiger partial charge in [-0.15, -0.1) is 0 Å². The first kappa shape index (κ1) is 13.0. The summed E-state index contributed by atoms with van der Waals surface area (Å²) in [4.78, 5) is 23.8. The van der Waals surface area contributed by atoms with Crippen molar-refractivity contribution >= 4 is 11.9 Å². The molecule has 0 spiro atoms. The van der Waals surface area contributed by atoms with Crippen molar-refractivity contribution in [2.24, 2.45) is 5.92 Å². The second-order valence-corrected chi connectivity index (χ2v) is 4.44. The van der Waals surface area contributed by atoms with Crippen LogP contribution in [0.3, 0.4) is 0 Å². The molecular formula is C11H20N2O3. The van der Waals surface area contributed by atoms with E-state index in [-0.39, 0.29) is 18.7 Å². The zero-order chi connectivity index (χ0) is 12.0. The highest BCUT2D eigenvalue weighted by Crippen LogP contribution is 2.14. The summed E-state index contributed by atoms with van der Waals surface area (Å²) in [5.41, 5.74) is 0. The minimum atomic E-state index is -0.922. The summed E-state index contributed by atoms with van der Waals surface area (Å²) in [6, 6.07) is 0. The van der Waals surface area contributed by atoms with Crippen molar-refractivity contribution < 1.29 is 14.7 Å². The number of likely N-dealkylation sites (tertiary alicyclic amines) is 1. The molecule has 0 aromatic heterocycles. The zero-order valence-corrected chi connectivity index (χ0v) is 9.74. The maximum absolute atomic E-state index is 11.3. The second-order valence-electron chi connectivity index (χ2n) is 4.44. The Morgan fingerprint density at radius 2 is 1.94 bits per heavy atom. The van der Waals surface area contributed by atoms with Crippen molar-refractivity contribution in [3.8, 4) is 0 Å². The Balaban J connectivity index is 2.09. The van der Waals surface area contributed by atoms with Crippen LogP contribution in [-0.4, -0.2) is 48.6 Å². The second kappa shape index (κ2) is 6.48. The first-order chi connectivity index (χ1) is 7.58. The summed E-state index contributed by atoms with van der Waals surface area (Å²) in [6.07, 6.45) is 2.21. The van der Waals surface area contributed by atoms with E-state index >= 15 is 0 Å². The number of carboxylic acid groups (broad SMARTS) is 1. The van der Waals surface area contributed by atoms with Gasteiger partial charge in [0, 0.05) is 13.0 Å². The fraction of sp³-hybridized carbons (Fsp3) is 0.818. The van der Waals surface area contributed by atoms with Gasteiger partial charge in [-0.1, -0.05) is 0 Å². The average Bonchev–Trinajstić information content (AvgIpc) is 2.25. The van der Waals surface area contributed by atoms with E-state index in [1.165, 1.54) is 0 Å². The molecule has 1 aliphatic rings. The van der Waals surface area contributed by atoms with E-state index in [2.05, 4.69) is 17.3 Å². The van der Waals surface area contributed by atoms with Gasteiger partial charge in [0.2, 0.25) is 5.91 Å². The molecule has 1 fully saturated rings. The van der Waals surface area contributed by atoms with E-state index in [1.807, 2.05) is 0 Å². The van der Waals surface area contributed by atoms with Crippen LogP contribution in [0.25, 0.3) is 0 Å². The van der Waals surface area contributed by atoms with Crippen molar-refractivity contribution in [1.82, 2.24) is 10.2 Å². The molecule has 1 saturated heterocycles. The van der Waals surface area contributed by atoms with Crippen LogP contribution in [0.5, 0.6) is 0 Å². The lowest BCUT2D eigenvalue weighted by Crippen LogP contribution is -2.36. The molecule has 0 bridgehead atoms. The van der Waals surface area contributed by atoms with Gasteiger partial charge in [0.05, 0.1) is 6.42 Å². The van der Waals surface area contributed by atoms with Gasteiger partial charge in [0.25, 0.3) is 0 Å². The molecule has 1 aliphatic heterocycles. The number of carboxylic acids is 1. The Labute approximate surface area is 95.8 Å². The Bertz CT molecular complexity index is 248. The maximum Gasteiger partial charge on any atom is 0.303 e. The highest BCUT2D eigenvalue weighted by molar-refractivity contribution is 5.80. The van der Waals surface area contributed by atoms with Gasteiger partial charge in [-0.2, -0.15) is 0 Å². The topological polar surface area (TPSA) is 69.6 Å². The first-order valence-electron chi connectivity index (χ1n) is 5.75. The summed E-state index contributed by atoms with van der Waals surface area (Å²) < 4.78 is 0. The van der Waals surface area contributed by atoms with Crippen LogP contribution in [0.2, 0.25) is 0 Å². The fourth-order valence-electron chi connectivity index (χ4n) is 1.83. The van der Waals surface area contributed by atoms with Crippen molar-refractivity contribution in [2.45, 2.75) is 25.7 Å². The van der Waals surface area contributed by atoms with Gasteiger partial charge in [-0.05, 0) is 38.9 Å². The van der Waals surface area contributed by atoms with Gasteiger partial charge in [0.15, 0.2) is 0 Å². The number of nitrogens with one attached hydrogen (secondary N) is 1. The zero-order valence-electron chi connectivity index (χ0n) is 9.74. The van der Waals surface area contributed by atoms with Crippen molar-refractivity contribution in [3.05, 3.63) is 0 Å². The molecule has 0 atom stereocenters. The third kappa shape index (κ3) is 5.11. The van der Waals surface area contributed by atoms with Crippen LogP contribution in [0.15, 0.2) is 0 Å². The smallest absolute Gasteiger partial charge is 0.303 e. The Morgan fingerprint density at radius 3 is 2.50 bits per heavy atom. The molecule has 5 heteroatoms. The Hall–Kier alpha value is -1.10. The van der Waals surface area contributed by atoms with Gasteiger partial charge in [-0.3, -0.25) is 9.59 Å². The maximum atomic E-state index is 11.3. The van der Waals surface area contributed by atoms with E-state index < -0.39 is 5.97 Å². The average molecular weight is 228 g/mol. The predicted octanol–water partition coefficient (Wildman–Crippen LogP) is 0.309. The summed E-state index contributed by atoms with van der Waals surface area (Å²) in [7, 11) is 2.10. The molecule has 0 radical (unpaired) electrons. The van der Waals surface area contributed by atoms with E-state index in [4.69, 9.17) is 5.11 Å². The lowest BCUT2D eigenvalue weighted by molar-refractivity contribution is -0.138. The summed E-state index contributed by atoms with van der Waals surface area (Å²) in [5.74, 6) is -0.527. The molecule has 2 N–H and O–H groups in total. The molecule has 0 aliphatic carbocycles. The molecule has 0 aromatic rings. The standard InChI is InChI=1S/C11H20N2O3/c1-13-6-4-9(5-7-13)8-12-10(14)2-3-11(15)16/h9H,2-8H2,1H3,(H,12,14)(H,15,16). The highest BCUT2D eigenvalue weighted by atomic mass is 16.4. The van der Waals surface area contributed by atoms with Crippen LogP contribution in [0.4, 0.5) is 0 Å². The number of hydrogen-bond acceptors (Lipinski definition) is 3. The van der Waals surface area contributed by atoms with E-state index in [0.29, 0.717) is 12.5 Å². The molecular weight excluding hydrogens is 208 g/mol. The van der Waals surface area contributed by atoms with Gasteiger partial charge in [-0.25, -0.2) is 0 Å². The minimum absolute atomic E-state index is 0.0841. The number of piperidine rings is 1. The minimum Gasteiger partial charge on any atom is -0.481 e. The van der Waals surface area contributed by atoms with Crippen molar-refractivity contribution in [3.63, 3.8) is 0 Å². The lowest BCUT2D eigenvalue weighted by Gasteiger charge is -2.28. The number of nitrogens with zero attached hydrogens (tertiary/aromatic N) is 1. The molecule has 92 valence electrons. The van der Waals surface area contributed by atoms with Crippen molar-refractivity contribution in [1.29, 1.82) is 0 Å². The number of amides is 1. The first-order valence-corrected chi connectivity index (χ1v) is 5.75. The molecule has 1 heterocycles. The SMILES string of the molecule is CN1CCC(CNC(=O)CCC(=O)O)CC1. The number of hydrogen-bond donors (Lipinski definition) is 2. The third-order valence-electron chi connectivity index (χ3n) is 2.99.